The molecule has 0 fully saturated rings. The Morgan fingerprint density at radius 3 is 2.42 bits per heavy atom. The highest BCUT2D eigenvalue weighted by Crippen LogP contribution is 2.57. The van der Waals surface area contributed by atoms with Gasteiger partial charge in [0.05, 0.1) is 20.9 Å². The van der Waals surface area contributed by atoms with Crippen molar-refractivity contribution in [2.75, 3.05) is 11.4 Å². The van der Waals surface area contributed by atoms with Crippen LogP contribution in [0.2, 0.25) is 0 Å². The van der Waals surface area contributed by atoms with Crippen LogP contribution < -0.4 is 4.31 Å². The Kier molecular flexibility index (Phi) is 4.58. The van der Waals surface area contributed by atoms with E-state index in [4.69, 9.17) is 0 Å². The summed E-state index contributed by atoms with van der Waals surface area (Å²) in [7, 11) is -2.08. The summed E-state index contributed by atoms with van der Waals surface area (Å²) in [6.45, 7) is 1.90. The van der Waals surface area contributed by atoms with Gasteiger partial charge in [0.25, 0.3) is 15.7 Å². The van der Waals surface area contributed by atoms with Gasteiger partial charge in [-0.05, 0) is 38.2 Å². The Bertz CT molecular complexity index is 1310. The molecule has 7 nitrogen and oxygen atoms in total. The lowest BCUT2D eigenvalue weighted by Crippen LogP contribution is -2.49. The molecule has 0 saturated carbocycles. The summed E-state index contributed by atoms with van der Waals surface area (Å²) >= 11 is 1.58. The first-order valence-corrected chi connectivity index (χ1v) is 12.0. The number of sulfonamides is 1. The fourth-order valence-electron chi connectivity index (χ4n) is 4.20. The predicted octanol–water partition coefficient (Wildman–Crippen LogP) is 4.85. The van der Waals surface area contributed by atoms with Crippen molar-refractivity contribution in [3.05, 3.63) is 93.5 Å². The molecule has 2 unspecified atom stereocenters. The topological polar surface area (TPSA) is 83.8 Å². The van der Waals surface area contributed by atoms with Crippen LogP contribution >= 0.6 is 11.8 Å². The first kappa shape index (κ1) is 20.0. The number of fused-ring (bicyclic) bond motifs is 6. The number of para-hydroxylation sites is 1. The fraction of sp³-hybridized carbons (Fsp3) is 0.182. The van der Waals surface area contributed by atoms with Gasteiger partial charge in [-0.2, -0.15) is 0 Å². The van der Waals surface area contributed by atoms with Gasteiger partial charge in [0, 0.05) is 28.2 Å². The summed E-state index contributed by atoms with van der Waals surface area (Å²) in [5.74, 6) is 0. The number of hydrogen-bond acceptors (Lipinski definition) is 6. The first-order valence-electron chi connectivity index (χ1n) is 9.66. The van der Waals surface area contributed by atoms with Crippen LogP contribution in [0.1, 0.15) is 28.2 Å². The number of nitro groups is 1. The van der Waals surface area contributed by atoms with E-state index >= 15 is 0 Å². The van der Waals surface area contributed by atoms with Crippen molar-refractivity contribution in [1.82, 2.24) is 4.90 Å². The molecule has 0 N–H and O–H groups in total. The Morgan fingerprint density at radius 1 is 1.00 bits per heavy atom. The van der Waals surface area contributed by atoms with Gasteiger partial charge in [0.2, 0.25) is 0 Å². The largest absolute Gasteiger partial charge is 0.269 e. The van der Waals surface area contributed by atoms with E-state index in [-0.39, 0.29) is 16.0 Å². The second-order valence-electron chi connectivity index (χ2n) is 7.66. The highest BCUT2D eigenvalue weighted by Gasteiger charge is 2.48. The monoisotopic (exact) mass is 453 g/mol. The zero-order chi connectivity index (χ0) is 21.9. The van der Waals surface area contributed by atoms with E-state index in [0.29, 0.717) is 11.3 Å². The average Bonchev–Trinajstić information content (AvgIpc) is 2.74. The molecule has 3 aromatic rings. The van der Waals surface area contributed by atoms with Crippen LogP contribution in [0.25, 0.3) is 0 Å². The van der Waals surface area contributed by atoms with E-state index in [2.05, 4.69) is 0 Å². The smallest absolute Gasteiger partial charge is 0.265 e. The molecular formula is C22H19N3O4S2. The van der Waals surface area contributed by atoms with Gasteiger partial charge in [0.15, 0.2) is 0 Å². The molecule has 0 aliphatic carbocycles. The SMILES string of the molecule is Cc1ccc(S(=O)(=O)N2c3ccccc3C3Sc4ccc([N+](=O)[O-])cc4C2N3C)cc1. The number of thioether (sulfide) groups is 1. The third-order valence-electron chi connectivity index (χ3n) is 5.72. The number of nitrogens with zero attached hydrogens (tertiary/aromatic N) is 3. The maximum atomic E-state index is 13.9. The number of anilines is 1. The van der Waals surface area contributed by atoms with Crippen LogP contribution in [0.3, 0.4) is 0 Å². The zero-order valence-electron chi connectivity index (χ0n) is 16.8. The third kappa shape index (κ3) is 3.03. The fourth-order valence-corrected chi connectivity index (χ4v) is 7.15. The molecule has 3 aromatic carbocycles. The van der Waals surface area contributed by atoms with Crippen LogP contribution in [0.15, 0.2) is 76.5 Å². The molecule has 2 heterocycles. The molecule has 0 amide bonds. The molecule has 2 aliphatic heterocycles. The maximum absolute atomic E-state index is 13.9. The molecule has 158 valence electrons. The van der Waals surface area contributed by atoms with Crippen molar-refractivity contribution in [2.45, 2.75) is 28.3 Å². The van der Waals surface area contributed by atoms with Crippen LogP contribution in [0.4, 0.5) is 11.4 Å². The van der Waals surface area contributed by atoms with Crippen LogP contribution in [-0.2, 0) is 10.0 Å². The number of rotatable bonds is 3. The van der Waals surface area contributed by atoms with Gasteiger partial charge in [-0.25, -0.2) is 12.7 Å². The van der Waals surface area contributed by atoms with Gasteiger partial charge < -0.3 is 0 Å². The van der Waals surface area contributed by atoms with Gasteiger partial charge in [-0.1, -0.05) is 35.9 Å². The number of hydrogen-bond donors (Lipinski definition) is 0. The molecular weight excluding hydrogens is 434 g/mol. The molecule has 0 saturated heterocycles. The molecule has 2 atom stereocenters. The molecule has 0 spiro atoms. The molecule has 5 rings (SSSR count). The number of nitro benzene ring substituents is 1. The summed E-state index contributed by atoms with van der Waals surface area (Å²) in [6, 6.07) is 18.9. The lowest BCUT2D eigenvalue weighted by molar-refractivity contribution is -0.385. The van der Waals surface area contributed by atoms with Gasteiger partial charge in [-0.15, -0.1) is 11.8 Å². The van der Waals surface area contributed by atoms with Crippen LogP contribution in [0, 0.1) is 17.0 Å². The summed E-state index contributed by atoms with van der Waals surface area (Å²) < 4.78 is 29.2. The normalized spacial score (nSPS) is 20.1. The summed E-state index contributed by atoms with van der Waals surface area (Å²) in [5, 5.41) is 11.3. The molecule has 9 heteroatoms. The van der Waals surface area contributed by atoms with Crippen molar-refractivity contribution in [3.63, 3.8) is 0 Å². The Balaban J connectivity index is 1.77. The molecule has 31 heavy (non-hydrogen) atoms. The second kappa shape index (κ2) is 7.08. The van der Waals surface area contributed by atoms with E-state index in [1.54, 1.807) is 48.2 Å². The van der Waals surface area contributed by atoms with Gasteiger partial charge >= 0.3 is 0 Å². The predicted molar refractivity (Wildman–Crippen MR) is 119 cm³/mol. The lowest BCUT2D eigenvalue weighted by atomic mass is 10.0. The first-order chi connectivity index (χ1) is 14.8. The van der Waals surface area contributed by atoms with Crippen molar-refractivity contribution in [2.24, 2.45) is 0 Å². The molecule has 0 radical (unpaired) electrons. The standard InChI is InChI=1S/C22H19N3O4S2/c1-14-7-10-16(11-8-14)31(28,29)24-19-6-4-3-5-17(19)22-23(2)21(24)18-13-15(25(26)27)9-12-20(18)30-22/h3-13,21-22H,1-2H3. The highest BCUT2D eigenvalue weighted by molar-refractivity contribution is 7.99. The van der Waals surface area contributed by atoms with Crippen molar-refractivity contribution < 1.29 is 13.3 Å². The van der Waals surface area contributed by atoms with Crippen LogP contribution in [0.5, 0.6) is 0 Å². The minimum Gasteiger partial charge on any atom is -0.265 e. The number of benzene rings is 3. The van der Waals surface area contributed by atoms with E-state index in [1.807, 2.05) is 37.1 Å². The summed E-state index contributed by atoms with van der Waals surface area (Å²) in [4.78, 5) is 14.0. The van der Waals surface area contributed by atoms with E-state index in [1.165, 1.54) is 16.4 Å². The Hall–Kier alpha value is -2.88. The van der Waals surface area contributed by atoms with E-state index in [9.17, 15) is 18.5 Å². The minimum absolute atomic E-state index is 0.0576. The third-order valence-corrected chi connectivity index (χ3v) is 8.93. The summed E-state index contributed by atoms with van der Waals surface area (Å²) in [5.41, 5.74) is 3.01. The van der Waals surface area contributed by atoms with Crippen molar-refractivity contribution in [1.29, 1.82) is 0 Å². The van der Waals surface area contributed by atoms with Crippen LogP contribution in [-0.4, -0.2) is 25.3 Å². The maximum Gasteiger partial charge on any atom is 0.269 e. The van der Waals surface area contributed by atoms with Gasteiger partial charge in [-0.3, -0.25) is 15.0 Å². The summed E-state index contributed by atoms with van der Waals surface area (Å²) in [6.07, 6.45) is -0.692. The lowest BCUT2D eigenvalue weighted by Gasteiger charge is -2.50. The van der Waals surface area contributed by atoms with E-state index < -0.39 is 21.1 Å². The van der Waals surface area contributed by atoms with Crippen molar-refractivity contribution >= 4 is 33.2 Å². The number of aryl methyl sites for hydroxylation is 1. The van der Waals surface area contributed by atoms with Crippen molar-refractivity contribution in [3.8, 4) is 0 Å². The molecule has 0 aromatic heterocycles. The van der Waals surface area contributed by atoms with Gasteiger partial charge in [0.1, 0.15) is 6.17 Å². The molecule has 2 aliphatic rings. The second-order valence-corrected chi connectivity index (χ2v) is 10.6. The minimum atomic E-state index is -3.94. The zero-order valence-corrected chi connectivity index (χ0v) is 18.4. The average molecular weight is 454 g/mol. The van der Waals surface area contributed by atoms with E-state index in [0.717, 1.165) is 16.0 Å². The Morgan fingerprint density at radius 2 is 1.71 bits per heavy atom. The quantitative estimate of drug-likeness (QED) is 0.417. The molecule has 2 bridgehead atoms. The number of non-ortho nitro benzene ring substituents is 1. The highest BCUT2D eigenvalue weighted by atomic mass is 32.2. The Labute approximate surface area is 184 Å².